The van der Waals surface area contributed by atoms with E-state index in [-0.39, 0.29) is 11.6 Å². The molecule has 0 radical (unpaired) electrons. The van der Waals surface area contributed by atoms with E-state index in [1.165, 1.54) is 30.0 Å². The Hall–Kier alpha value is -4.02. The number of nitrogens with zero attached hydrogens (tertiary/aromatic N) is 4. The highest BCUT2D eigenvalue weighted by atomic mass is 19.1. The third-order valence-corrected chi connectivity index (χ3v) is 8.06. The second-order valence-electron chi connectivity index (χ2n) is 10.9. The van der Waals surface area contributed by atoms with Gasteiger partial charge in [-0.05, 0) is 80.8 Å². The van der Waals surface area contributed by atoms with Crippen LogP contribution in [0.1, 0.15) is 35.2 Å². The number of rotatable bonds is 9. The number of hydrogen-bond acceptors (Lipinski definition) is 8. The fraction of sp³-hybridized carbons (Fsp3) is 0.387. The summed E-state index contributed by atoms with van der Waals surface area (Å²) in [5, 5.41) is 7.45. The molecule has 3 N–H and O–H groups in total. The average Bonchev–Trinajstić information content (AvgIpc) is 3.43. The number of ketones is 1. The lowest BCUT2D eigenvalue weighted by Gasteiger charge is -2.34. The van der Waals surface area contributed by atoms with Crippen molar-refractivity contribution in [3.63, 3.8) is 0 Å². The van der Waals surface area contributed by atoms with Gasteiger partial charge in [0.05, 0.1) is 10.9 Å². The maximum Gasteiger partial charge on any atom is 0.231 e. The van der Waals surface area contributed by atoms with E-state index in [4.69, 9.17) is 14.7 Å². The minimum Gasteiger partial charge on any atom is -0.381 e. The van der Waals surface area contributed by atoms with E-state index in [0.29, 0.717) is 46.4 Å². The predicted octanol–water partition coefficient (Wildman–Crippen LogP) is 5.05. The summed E-state index contributed by atoms with van der Waals surface area (Å²) in [6.07, 6.45) is 4.74. The Morgan fingerprint density at radius 3 is 2.49 bits per heavy atom. The maximum absolute atomic E-state index is 13.5. The zero-order chi connectivity index (χ0) is 28.2. The van der Waals surface area contributed by atoms with E-state index >= 15 is 0 Å². The number of aromatic nitrogens is 3. The summed E-state index contributed by atoms with van der Waals surface area (Å²) in [4.78, 5) is 30.8. The van der Waals surface area contributed by atoms with Crippen LogP contribution in [0.3, 0.4) is 0 Å². The Morgan fingerprint density at radius 2 is 1.76 bits per heavy atom. The van der Waals surface area contributed by atoms with Gasteiger partial charge >= 0.3 is 0 Å². The van der Waals surface area contributed by atoms with Crippen molar-refractivity contribution in [3.8, 4) is 0 Å². The summed E-state index contributed by atoms with van der Waals surface area (Å²) in [5.41, 5.74) is 3.48. The van der Waals surface area contributed by atoms with Crippen LogP contribution in [0.5, 0.6) is 0 Å². The van der Waals surface area contributed by atoms with Crippen LogP contribution in [0.25, 0.3) is 11.0 Å². The van der Waals surface area contributed by atoms with Gasteiger partial charge in [-0.2, -0.15) is 9.97 Å². The number of ether oxygens (including phenoxy) is 1. The van der Waals surface area contributed by atoms with Crippen molar-refractivity contribution < 1.29 is 13.9 Å². The lowest BCUT2D eigenvalue weighted by Crippen LogP contribution is -2.44. The van der Waals surface area contributed by atoms with E-state index in [1.807, 2.05) is 12.1 Å². The van der Waals surface area contributed by atoms with Gasteiger partial charge < -0.3 is 30.2 Å². The fourth-order valence-corrected chi connectivity index (χ4v) is 5.53. The molecule has 0 bridgehead atoms. The highest BCUT2D eigenvalue weighted by Crippen LogP contribution is 2.30. The molecule has 0 unspecified atom stereocenters. The number of halogens is 1. The lowest BCUT2D eigenvalue weighted by atomic mass is 9.97. The van der Waals surface area contributed by atoms with Gasteiger partial charge in [0.2, 0.25) is 5.95 Å². The molecule has 2 aromatic carbocycles. The monoisotopic (exact) mass is 557 g/mol. The molecule has 2 aliphatic heterocycles. The summed E-state index contributed by atoms with van der Waals surface area (Å²) in [5.74, 6) is 1.02. The zero-order valence-corrected chi connectivity index (χ0v) is 23.3. The molecule has 2 aliphatic rings. The first-order valence-corrected chi connectivity index (χ1v) is 14.3. The Morgan fingerprint density at radius 1 is 1.02 bits per heavy atom. The van der Waals surface area contributed by atoms with Crippen molar-refractivity contribution in [2.75, 3.05) is 68.5 Å². The van der Waals surface area contributed by atoms with Crippen molar-refractivity contribution >= 4 is 40.0 Å². The summed E-state index contributed by atoms with van der Waals surface area (Å²) in [7, 11) is 2.15. The van der Waals surface area contributed by atoms with Gasteiger partial charge in [-0.3, -0.25) is 4.79 Å². The van der Waals surface area contributed by atoms with E-state index in [1.54, 1.807) is 6.20 Å². The summed E-state index contributed by atoms with van der Waals surface area (Å²) in [6, 6.07) is 13.9. The number of likely N-dealkylation sites (N-methyl/N-ethyl adjacent to an activating group) is 1. The van der Waals surface area contributed by atoms with Crippen LogP contribution in [0, 0.1) is 11.7 Å². The standard InChI is InChI=1S/C31H36FN7O2/c1-38-14-16-39(17-15-38)25-8-6-24(7-9-25)35-31-36-29(33-13-10-21-11-18-41-19-12-21)27-26(20-34-30(27)37-31)28(40)22-2-4-23(32)5-3-22/h2-9,20-21H,10-19H2,1H3,(H3,33,34,35,36,37). The first-order chi connectivity index (χ1) is 20.0. The molecule has 2 saturated heterocycles. The second kappa shape index (κ2) is 12.2. The lowest BCUT2D eigenvalue weighted by molar-refractivity contribution is 0.0649. The van der Waals surface area contributed by atoms with Crippen molar-refractivity contribution in [2.45, 2.75) is 19.3 Å². The number of carbonyl (C=O) groups excluding carboxylic acids is 1. The van der Waals surface area contributed by atoms with Crippen molar-refractivity contribution in [1.82, 2.24) is 19.9 Å². The minimum atomic E-state index is -0.383. The highest BCUT2D eigenvalue weighted by Gasteiger charge is 2.21. The maximum atomic E-state index is 13.5. The topological polar surface area (TPSA) is 98.4 Å². The van der Waals surface area contributed by atoms with Crippen molar-refractivity contribution in [3.05, 3.63) is 71.7 Å². The molecule has 2 aromatic heterocycles. The van der Waals surface area contributed by atoms with Gasteiger partial charge in [-0.25, -0.2) is 4.39 Å². The van der Waals surface area contributed by atoms with Crippen LogP contribution in [0.4, 0.5) is 27.5 Å². The summed E-state index contributed by atoms with van der Waals surface area (Å²) in [6.45, 7) is 6.46. The summed E-state index contributed by atoms with van der Waals surface area (Å²) < 4.78 is 19.0. The number of hydrogen-bond donors (Lipinski definition) is 3. The summed E-state index contributed by atoms with van der Waals surface area (Å²) >= 11 is 0. The number of aromatic amines is 1. The molecule has 4 heterocycles. The molecular weight excluding hydrogens is 521 g/mol. The molecule has 0 saturated carbocycles. The molecule has 4 aromatic rings. The number of fused-ring (bicyclic) bond motifs is 1. The molecule has 41 heavy (non-hydrogen) atoms. The van der Waals surface area contributed by atoms with Crippen molar-refractivity contribution in [2.24, 2.45) is 5.92 Å². The molecular formula is C31H36FN7O2. The molecule has 0 atom stereocenters. The molecule has 9 nitrogen and oxygen atoms in total. The number of H-pyrrole nitrogens is 1. The Kier molecular flexibility index (Phi) is 8.11. The largest absolute Gasteiger partial charge is 0.381 e. The highest BCUT2D eigenvalue weighted by molar-refractivity contribution is 6.18. The molecule has 214 valence electrons. The van der Waals surface area contributed by atoms with E-state index < -0.39 is 0 Å². The number of piperazine rings is 1. The number of benzene rings is 2. The van der Waals surface area contributed by atoms with Gasteiger partial charge in [-0.1, -0.05) is 0 Å². The van der Waals surface area contributed by atoms with Gasteiger partial charge in [0.25, 0.3) is 0 Å². The van der Waals surface area contributed by atoms with Crippen LogP contribution in [-0.2, 0) is 4.74 Å². The SMILES string of the molecule is CN1CCN(c2ccc(Nc3nc(NCCC4CCOCC4)c4c(C(=O)c5ccc(F)cc5)c[nH]c4n3)cc2)CC1. The van der Waals surface area contributed by atoms with Crippen molar-refractivity contribution in [1.29, 1.82) is 0 Å². The third-order valence-electron chi connectivity index (χ3n) is 8.06. The van der Waals surface area contributed by atoms with E-state index in [0.717, 1.165) is 64.3 Å². The quantitative estimate of drug-likeness (QED) is 0.246. The third kappa shape index (κ3) is 6.34. The van der Waals surface area contributed by atoms with Gasteiger partial charge in [0, 0.05) is 69.1 Å². The zero-order valence-electron chi connectivity index (χ0n) is 23.3. The molecule has 0 amide bonds. The van der Waals surface area contributed by atoms with Crippen LogP contribution in [-0.4, -0.2) is 78.6 Å². The van der Waals surface area contributed by atoms with E-state index in [9.17, 15) is 9.18 Å². The van der Waals surface area contributed by atoms with Crippen LogP contribution >= 0.6 is 0 Å². The number of anilines is 4. The molecule has 2 fully saturated rings. The first-order valence-electron chi connectivity index (χ1n) is 14.3. The molecule has 0 aliphatic carbocycles. The van der Waals surface area contributed by atoms with E-state index in [2.05, 4.69) is 44.6 Å². The Bertz CT molecular complexity index is 1480. The molecule has 10 heteroatoms. The smallest absolute Gasteiger partial charge is 0.231 e. The Labute approximate surface area is 239 Å². The van der Waals surface area contributed by atoms with Crippen LogP contribution < -0.4 is 15.5 Å². The fourth-order valence-electron chi connectivity index (χ4n) is 5.53. The van der Waals surface area contributed by atoms with Gasteiger partial charge in [0.15, 0.2) is 5.78 Å². The normalized spacial score (nSPS) is 16.7. The van der Waals surface area contributed by atoms with Gasteiger partial charge in [0.1, 0.15) is 17.3 Å². The molecule has 0 spiro atoms. The Balaban J connectivity index is 1.25. The first kappa shape index (κ1) is 27.2. The van der Waals surface area contributed by atoms with Crippen LogP contribution in [0.2, 0.25) is 0 Å². The molecule has 6 rings (SSSR count). The predicted molar refractivity (Wildman–Crippen MR) is 160 cm³/mol. The number of carbonyl (C=O) groups is 1. The average molecular weight is 558 g/mol. The van der Waals surface area contributed by atoms with Gasteiger partial charge in [-0.15, -0.1) is 0 Å². The minimum absolute atomic E-state index is 0.215. The number of nitrogens with one attached hydrogen (secondary N) is 3. The van der Waals surface area contributed by atoms with Crippen LogP contribution in [0.15, 0.2) is 54.7 Å². The second-order valence-corrected chi connectivity index (χ2v) is 10.9.